The van der Waals surface area contributed by atoms with Crippen LogP contribution >= 0.6 is 11.3 Å². The standard InChI is InChI=1S/C16H19FN2O2S/c1-16(2,3)21-15(20)19-13-5-4-12(17)8-14(13)18-9-11-6-7-22-10-11/h4-8,10,18H,9H2,1-3H3,(H,19,20). The molecule has 4 nitrogen and oxygen atoms in total. The molecular weight excluding hydrogens is 303 g/mol. The Bertz CT molecular complexity index is 636. The molecule has 1 heterocycles. The molecule has 1 aromatic carbocycles. The number of nitrogens with one attached hydrogen (secondary N) is 2. The van der Waals surface area contributed by atoms with Gasteiger partial charge in [-0.25, -0.2) is 9.18 Å². The van der Waals surface area contributed by atoms with Crippen molar-refractivity contribution in [1.29, 1.82) is 0 Å². The molecule has 0 fully saturated rings. The Hall–Kier alpha value is -2.08. The number of halogens is 1. The van der Waals surface area contributed by atoms with E-state index in [9.17, 15) is 9.18 Å². The van der Waals surface area contributed by atoms with Crippen molar-refractivity contribution in [2.75, 3.05) is 10.6 Å². The molecule has 0 aliphatic carbocycles. The summed E-state index contributed by atoms with van der Waals surface area (Å²) in [7, 11) is 0. The van der Waals surface area contributed by atoms with Gasteiger partial charge in [0.15, 0.2) is 0 Å². The van der Waals surface area contributed by atoms with Crippen LogP contribution in [0, 0.1) is 5.82 Å². The van der Waals surface area contributed by atoms with Gasteiger partial charge in [-0.3, -0.25) is 5.32 Å². The predicted octanol–water partition coefficient (Wildman–Crippen LogP) is 4.85. The van der Waals surface area contributed by atoms with Crippen LogP contribution in [-0.4, -0.2) is 11.7 Å². The molecular formula is C16H19FN2O2S. The Balaban J connectivity index is 2.08. The Kier molecular flexibility index (Phi) is 5.03. The van der Waals surface area contributed by atoms with Crippen LogP contribution in [0.2, 0.25) is 0 Å². The van der Waals surface area contributed by atoms with Crippen LogP contribution in [0.4, 0.5) is 20.6 Å². The van der Waals surface area contributed by atoms with Crippen LogP contribution in [0.5, 0.6) is 0 Å². The van der Waals surface area contributed by atoms with Gasteiger partial charge in [-0.15, -0.1) is 0 Å². The minimum atomic E-state index is -0.589. The third-order valence-corrected chi connectivity index (χ3v) is 3.41. The Morgan fingerprint density at radius 3 is 2.68 bits per heavy atom. The molecule has 118 valence electrons. The van der Waals surface area contributed by atoms with Crippen molar-refractivity contribution in [3.05, 3.63) is 46.4 Å². The summed E-state index contributed by atoms with van der Waals surface area (Å²) in [6.45, 7) is 5.91. The molecule has 1 aromatic heterocycles. The van der Waals surface area contributed by atoms with E-state index in [1.54, 1.807) is 32.1 Å². The summed E-state index contributed by atoms with van der Waals surface area (Å²) in [5, 5.41) is 9.74. The van der Waals surface area contributed by atoms with Crippen LogP contribution < -0.4 is 10.6 Å². The van der Waals surface area contributed by atoms with Gasteiger partial charge in [0, 0.05) is 6.54 Å². The van der Waals surface area contributed by atoms with Gasteiger partial charge in [-0.05, 0) is 61.4 Å². The van der Waals surface area contributed by atoms with Crippen molar-refractivity contribution in [2.24, 2.45) is 0 Å². The number of benzene rings is 1. The predicted molar refractivity (Wildman–Crippen MR) is 87.9 cm³/mol. The molecule has 1 amide bonds. The van der Waals surface area contributed by atoms with Crippen LogP contribution in [0.1, 0.15) is 26.3 Å². The first kappa shape index (κ1) is 16.3. The van der Waals surface area contributed by atoms with E-state index in [4.69, 9.17) is 4.74 Å². The topological polar surface area (TPSA) is 50.4 Å². The number of carbonyl (C=O) groups excluding carboxylic acids is 1. The molecule has 0 radical (unpaired) electrons. The fourth-order valence-electron chi connectivity index (χ4n) is 1.78. The zero-order chi connectivity index (χ0) is 16.2. The first-order chi connectivity index (χ1) is 10.3. The molecule has 2 rings (SSSR count). The fourth-order valence-corrected chi connectivity index (χ4v) is 2.44. The normalized spacial score (nSPS) is 11.1. The monoisotopic (exact) mass is 322 g/mol. The number of ether oxygens (including phenoxy) is 1. The van der Waals surface area contributed by atoms with E-state index in [1.165, 1.54) is 18.2 Å². The zero-order valence-corrected chi connectivity index (χ0v) is 13.6. The van der Waals surface area contributed by atoms with Crippen LogP contribution in [0.3, 0.4) is 0 Å². The fraction of sp³-hybridized carbons (Fsp3) is 0.312. The van der Waals surface area contributed by atoms with Gasteiger partial charge < -0.3 is 10.1 Å². The summed E-state index contributed by atoms with van der Waals surface area (Å²) in [5.41, 5.74) is 1.49. The van der Waals surface area contributed by atoms with E-state index in [0.29, 0.717) is 17.9 Å². The molecule has 0 saturated carbocycles. The first-order valence-corrected chi connectivity index (χ1v) is 7.82. The maximum absolute atomic E-state index is 13.4. The van der Waals surface area contributed by atoms with E-state index in [-0.39, 0.29) is 5.82 Å². The van der Waals surface area contributed by atoms with Gasteiger partial charge in [-0.1, -0.05) is 0 Å². The highest BCUT2D eigenvalue weighted by atomic mass is 32.1. The molecule has 0 spiro atoms. The second-order valence-corrected chi connectivity index (χ2v) is 6.58. The average Bonchev–Trinajstić information content (AvgIpc) is 2.90. The molecule has 0 aliphatic heterocycles. The molecule has 0 saturated heterocycles. The van der Waals surface area contributed by atoms with Crippen molar-refractivity contribution in [2.45, 2.75) is 32.9 Å². The second-order valence-electron chi connectivity index (χ2n) is 5.80. The largest absolute Gasteiger partial charge is 0.444 e. The SMILES string of the molecule is CC(C)(C)OC(=O)Nc1ccc(F)cc1NCc1ccsc1. The Morgan fingerprint density at radius 2 is 2.05 bits per heavy atom. The minimum absolute atomic E-state index is 0.373. The van der Waals surface area contributed by atoms with Crippen molar-refractivity contribution in [3.8, 4) is 0 Å². The molecule has 2 aromatic rings. The summed E-state index contributed by atoms with van der Waals surface area (Å²) in [6.07, 6.45) is -0.572. The van der Waals surface area contributed by atoms with E-state index in [2.05, 4.69) is 10.6 Å². The van der Waals surface area contributed by atoms with E-state index < -0.39 is 11.7 Å². The maximum atomic E-state index is 13.4. The number of thiophene rings is 1. The molecule has 0 unspecified atom stereocenters. The summed E-state index contributed by atoms with van der Waals surface area (Å²) < 4.78 is 18.6. The van der Waals surface area contributed by atoms with Crippen molar-refractivity contribution < 1.29 is 13.9 Å². The molecule has 2 N–H and O–H groups in total. The molecule has 0 aliphatic rings. The summed E-state index contributed by atoms with van der Waals surface area (Å²) in [5.74, 6) is -0.373. The Morgan fingerprint density at radius 1 is 1.27 bits per heavy atom. The highest BCUT2D eigenvalue weighted by Crippen LogP contribution is 2.24. The van der Waals surface area contributed by atoms with Crippen LogP contribution in [0.25, 0.3) is 0 Å². The van der Waals surface area contributed by atoms with Gasteiger partial charge in [0.25, 0.3) is 0 Å². The molecule has 0 bridgehead atoms. The van der Waals surface area contributed by atoms with Crippen LogP contribution in [0.15, 0.2) is 35.0 Å². The number of amides is 1. The van der Waals surface area contributed by atoms with E-state index >= 15 is 0 Å². The highest BCUT2D eigenvalue weighted by molar-refractivity contribution is 7.07. The number of anilines is 2. The quantitative estimate of drug-likeness (QED) is 0.846. The summed E-state index contributed by atoms with van der Waals surface area (Å²) in [6, 6.07) is 6.13. The minimum Gasteiger partial charge on any atom is -0.444 e. The lowest BCUT2D eigenvalue weighted by Crippen LogP contribution is -2.27. The van der Waals surface area contributed by atoms with E-state index in [1.807, 2.05) is 16.8 Å². The lowest BCUT2D eigenvalue weighted by Gasteiger charge is -2.20. The number of hydrogen-bond acceptors (Lipinski definition) is 4. The molecule has 0 atom stereocenters. The smallest absolute Gasteiger partial charge is 0.412 e. The summed E-state index contributed by atoms with van der Waals surface area (Å²) >= 11 is 1.60. The van der Waals surface area contributed by atoms with Gasteiger partial charge in [0.2, 0.25) is 0 Å². The van der Waals surface area contributed by atoms with Crippen LogP contribution in [-0.2, 0) is 11.3 Å². The molecule has 6 heteroatoms. The maximum Gasteiger partial charge on any atom is 0.412 e. The zero-order valence-electron chi connectivity index (χ0n) is 12.8. The van der Waals surface area contributed by atoms with E-state index in [0.717, 1.165) is 5.56 Å². The van der Waals surface area contributed by atoms with Gasteiger partial charge in [0.1, 0.15) is 11.4 Å². The highest BCUT2D eigenvalue weighted by Gasteiger charge is 2.17. The first-order valence-electron chi connectivity index (χ1n) is 6.88. The Labute approximate surface area is 133 Å². The third-order valence-electron chi connectivity index (χ3n) is 2.68. The van der Waals surface area contributed by atoms with Gasteiger partial charge >= 0.3 is 6.09 Å². The number of carbonyl (C=O) groups is 1. The lowest BCUT2D eigenvalue weighted by atomic mass is 10.2. The van der Waals surface area contributed by atoms with Crippen molar-refractivity contribution in [1.82, 2.24) is 0 Å². The van der Waals surface area contributed by atoms with Gasteiger partial charge in [0.05, 0.1) is 11.4 Å². The number of rotatable bonds is 4. The second kappa shape index (κ2) is 6.79. The number of hydrogen-bond donors (Lipinski definition) is 2. The lowest BCUT2D eigenvalue weighted by molar-refractivity contribution is 0.0636. The third kappa shape index (κ3) is 5.04. The van der Waals surface area contributed by atoms with Gasteiger partial charge in [-0.2, -0.15) is 11.3 Å². The molecule has 22 heavy (non-hydrogen) atoms. The van der Waals surface area contributed by atoms with Crippen molar-refractivity contribution >= 4 is 28.8 Å². The average molecular weight is 322 g/mol. The van der Waals surface area contributed by atoms with Crippen molar-refractivity contribution in [3.63, 3.8) is 0 Å². The summed E-state index contributed by atoms with van der Waals surface area (Å²) in [4.78, 5) is 11.8.